The summed E-state index contributed by atoms with van der Waals surface area (Å²) in [6, 6.07) is 13.1. The van der Waals surface area contributed by atoms with Gasteiger partial charge in [0.15, 0.2) is 0 Å². The van der Waals surface area contributed by atoms with Crippen LogP contribution in [0.25, 0.3) is 0 Å². The Morgan fingerprint density at radius 2 is 1.69 bits per heavy atom. The molecule has 1 heterocycles. The van der Waals surface area contributed by atoms with Crippen LogP contribution >= 0.6 is 0 Å². The Balaban J connectivity index is 1.52. The lowest BCUT2D eigenvalue weighted by Gasteiger charge is -2.33. The minimum Gasteiger partial charge on any atom is -0.496 e. The van der Waals surface area contributed by atoms with E-state index < -0.39 is 11.8 Å². The van der Waals surface area contributed by atoms with Crippen molar-refractivity contribution in [1.82, 2.24) is 15.1 Å². The van der Waals surface area contributed by atoms with E-state index in [1.165, 1.54) is 21.9 Å². The Morgan fingerprint density at radius 3 is 2.41 bits per heavy atom. The average molecular weight is 399 g/mol. The Bertz CT molecular complexity index is 901. The summed E-state index contributed by atoms with van der Waals surface area (Å²) in [6.07, 6.45) is 0. The predicted octanol–water partition coefficient (Wildman–Crippen LogP) is 1.32. The lowest BCUT2D eigenvalue weighted by atomic mass is 10.2. The summed E-state index contributed by atoms with van der Waals surface area (Å²) >= 11 is 0. The first-order valence-corrected chi connectivity index (χ1v) is 9.19. The smallest absolute Gasteiger partial charge is 0.312 e. The van der Waals surface area contributed by atoms with Gasteiger partial charge >= 0.3 is 11.8 Å². The van der Waals surface area contributed by atoms with Crippen molar-refractivity contribution in [3.8, 4) is 5.75 Å². The van der Waals surface area contributed by atoms with Gasteiger partial charge < -0.3 is 19.9 Å². The first kappa shape index (κ1) is 20.3. The van der Waals surface area contributed by atoms with Crippen molar-refractivity contribution in [3.05, 3.63) is 65.5 Å². The summed E-state index contributed by atoms with van der Waals surface area (Å²) in [7, 11) is 1.55. The second kappa shape index (κ2) is 9.18. The van der Waals surface area contributed by atoms with Crippen molar-refractivity contribution in [3.63, 3.8) is 0 Å². The van der Waals surface area contributed by atoms with Gasteiger partial charge in [0.1, 0.15) is 18.1 Å². The zero-order chi connectivity index (χ0) is 20.8. The number of hydrogen-bond donors (Lipinski definition) is 1. The van der Waals surface area contributed by atoms with E-state index in [0.717, 1.165) is 11.1 Å². The molecule has 3 amide bonds. The van der Waals surface area contributed by atoms with Gasteiger partial charge in [0.2, 0.25) is 5.91 Å². The number of hydrogen-bond acceptors (Lipinski definition) is 4. The van der Waals surface area contributed by atoms with Crippen LogP contribution in [0.3, 0.4) is 0 Å². The Morgan fingerprint density at radius 1 is 1.03 bits per heavy atom. The van der Waals surface area contributed by atoms with E-state index in [0.29, 0.717) is 12.3 Å². The third-order valence-electron chi connectivity index (χ3n) is 4.69. The number of carbonyl (C=O) groups is 3. The number of para-hydroxylation sites is 1. The molecule has 0 radical (unpaired) electrons. The van der Waals surface area contributed by atoms with Crippen LogP contribution in [0.15, 0.2) is 48.5 Å². The van der Waals surface area contributed by atoms with Crippen LogP contribution in [-0.4, -0.2) is 54.3 Å². The maximum Gasteiger partial charge on any atom is 0.312 e. The van der Waals surface area contributed by atoms with Crippen LogP contribution < -0.4 is 10.1 Å². The summed E-state index contributed by atoms with van der Waals surface area (Å²) in [6.45, 7) is 0.855. The number of carbonyl (C=O) groups excluding carboxylic acids is 3. The SMILES string of the molecule is COc1ccccc1CNC(=O)CN1CCN(Cc2ccc(F)cc2)C(=O)C1=O. The molecule has 152 valence electrons. The molecule has 0 atom stereocenters. The van der Waals surface area contributed by atoms with E-state index in [-0.39, 0.29) is 37.9 Å². The summed E-state index contributed by atoms with van der Waals surface area (Å²) in [4.78, 5) is 39.6. The van der Waals surface area contributed by atoms with Crippen LogP contribution in [0, 0.1) is 5.82 Å². The fourth-order valence-corrected chi connectivity index (χ4v) is 3.10. The number of methoxy groups -OCH3 is 1. The molecule has 1 saturated heterocycles. The van der Waals surface area contributed by atoms with Crippen LogP contribution in [0.1, 0.15) is 11.1 Å². The molecule has 0 aliphatic carbocycles. The standard InChI is InChI=1S/C21H22FN3O4/c1-29-18-5-3-2-4-16(18)12-23-19(26)14-25-11-10-24(20(27)21(25)28)13-15-6-8-17(22)9-7-15/h2-9H,10-14H2,1H3,(H,23,26). The second-order valence-electron chi connectivity index (χ2n) is 6.67. The molecule has 0 bridgehead atoms. The third kappa shape index (κ3) is 5.10. The summed E-state index contributed by atoms with van der Waals surface area (Å²) in [5.41, 5.74) is 1.55. The fourth-order valence-electron chi connectivity index (χ4n) is 3.10. The lowest BCUT2D eigenvalue weighted by Crippen LogP contribution is -2.55. The van der Waals surface area contributed by atoms with Crippen molar-refractivity contribution in [1.29, 1.82) is 0 Å². The molecule has 2 aromatic rings. The molecular weight excluding hydrogens is 377 g/mol. The first-order chi connectivity index (χ1) is 14.0. The van der Waals surface area contributed by atoms with Crippen LogP contribution in [-0.2, 0) is 27.5 Å². The molecule has 1 N–H and O–H groups in total. The van der Waals surface area contributed by atoms with Gasteiger partial charge in [-0.1, -0.05) is 30.3 Å². The van der Waals surface area contributed by atoms with E-state index in [1.807, 2.05) is 18.2 Å². The van der Waals surface area contributed by atoms with Gasteiger partial charge in [0.25, 0.3) is 0 Å². The highest BCUT2D eigenvalue weighted by Gasteiger charge is 2.33. The number of benzene rings is 2. The molecule has 29 heavy (non-hydrogen) atoms. The second-order valence-corrected chi connectivity index (χ2v) is 6.67. The largest absolute Gasteiger partial charge is 0.496 e. The molecule has 8 heteroatoms. The summed E-state index contributed by atoms with van der Waals surface area (Å²) in [5, 5.41) is 2.74. The minimum absolute atomic E-state index is 0.190. The molecule has 1 aliphatic rings. The van der Waals surface area contributed by atoms with Crippen LogP contribution in [0.2, 0.25) is 0 Å². The van der Waals surface area contributed by atoms with E-state index in [9.17, 15) is 18.8 Å². The van der Waals surface area contributed by atoms with Gasteiger partial charge in [-0.05, 0) is 23.8 Å². The maximum absolute atomic E-state index is 13.0. The normalized spacial score (nSPS) is 14.1. The quantitative estimate of drug-likeness (QED) is 0.713. The Kier molecular flexibility index (Phi) is 6.43. The molecule has 0 unspecified atom stereocenters. The molecule has 2 aromatic carbocycles. The van der Waals surface area contributed by atoms with Gasteiger partial charge in [-0.2, -0.15) is 0 Å². The number of nitrogens with one attached hydrogen (secondary N) is 1. The fraction of sp³-hybridized carbons (Fsp3) is 0.286. The van der Waals surface area contributed by atoms with Crippen molar-refractivity contribution in [2.75, 3.05) is 26.7 Å². The summed E-state index contributed by atoms with van der Waals surface area (Å²) in [5.74, 6) is -1.44. The highest BCUT2D eigenvalue weighted by Crippen LogP contribution is 2.17. The van der Waals surface area contributed by atoms with E-state index in [1.54, 1.807) is 25.3 Å². The number of rotatable bonds is 7. The monoisotopic (exact) mass is 399 g/mol. The highest BCUT2D eigenvalue weighted by molar-refractivity contribution is 6.35. The first-order valence-electron chi connectivity index (χ1n) is 9.19. The van der Waals surface area contributed by atoms with Gasteiger partial charge in [-0.25, -0.2) is 4.39 Å². The van der Waals surface area contributed by atoms with Crippen LogP contribution in [0.4, 0.5) is 4.39 Å². The lowest BCUT2D eigenvalue weighted by molar-refractivity contribution is -0.157. The number of amides is 3. The number of ether oxygens (including phenoxy) is 1. The third-order valence-corrected chi connectivity index (χ3v) is 4.69. The molecule has 0 aromatic heterocycles. The molecule has 3 rings (SSSR count). The van der Waals surface area contributed by atoms with Gasteiger partial charge in [0, 0.05) is 31.7 Å². The number of halogens is 1. The van der Waals surface area contributed by atoms with Crippen molar-refractivity contribution in [2.45, 2.75) is 13.1 Å². The molecule has 1 aliphatic heterocycles. The van der Waals surface area contributed by atoms with Crippen molar-refractivity contribution in [2.24, 2.45) is 0 Å². The van der Waals surface area contributed by atoms with E-state index >= 15 is 0 Å². The van der Waals surface area contributed by atoms with Gasteiger partial charge in [-0.3, -0.25) is 14.4 Å². The number of piperazine rings is 1. The molecule has 0 saturated carbocycles. The molecule has 0 spiro atoms. The molecule has 1 fully saturated rings. The van der Waals surface area contributed by atoms with E-state index in [2.05, 4.69) is 5.32 Å². The number of nitrogens with zero attached hydrogens (tertiary/aromatic N) is 2. The van der Waals surface area contributed by atoms with Crippen LogP contribution in [0.5, 0.6) is 5.75 Å². The highest BCUT2D eigenvalue weighted by atomic mass is 19.1. The average Bonchev–Trinajstić information content (AvgIpc) is 2.73. The van der Waals surface area contributed by atoms with E-state index in [4.69, 9.17) is 4.74 Å². The maximum atomic E-state index is 13.0. The Labute approximate surface area is 168 Å². The van der Waals surface area contributed by atoms with Gasteiger partial charge in [-0.15, -0.1) is 0 Å². The summed E-state index contributed by atoms with van der Waals surface area (Å²) < 4.78 is 18.2. The van der Waals surface area contributed by atoms with Crippen molar-refractivity contribution < 1.29 is 23.5 Å². The molecule has 7 nitrogen and oxygen atoms in total. The molecular formula is C21H22FN3O4. The topological polar surface area (TPSA) is 79.0 Å². The zero-order valence-corrected chi connectivity index (χ0v) is 16.1. The van der Waals surface area contributed by atoms with Crippen molar-refractivity contribution >= 4 is 17.7 Å². The zero-order valence-electron chi connectivity index (χ0n) is 16.1. The predicted molar refractivity (Wildman–Crippen MR) is 103 cm³/mol. The minimum atomic E-state index is -0.717. The van der Waals surface area contributed by atoms with Gasteiger partial charge in [0.05, 0.1) is 7.11 Å². The Hall–Kier alpha value is -3.42.